The van der Waals surface area contributed by atoms with Gasteiger partial charge in [-0.1, -0.05) is 5.16 Å². The molecule has 0 radical (unpaired) electrons. The summed E-state index contributed by atoms with van der Waals surface area (Å²) in [6.07, 6.45) is 2.07. The number of amides is 3. The van der Waals surface area contributed by atoms with Crippen LogP contribution in [-0.2, 0) is 4.74 Å². The summed E-state index contributed by atoms with van der Waals surface area (Å²) in [5, 5.41) is 13.1. The van der Waals surface area contributed by atoms with Crippen LogP contribution < -0.4 is 16.0 Å². The van der Waals surface area contributed by atoms with E-state index in [0.29, 0.717) is 46.0 Å². The van der Waals surface area contributed by atoms with Crippen molar-refractivity contribution in [3.05, 3.63) is 58.6 Å². The second-order valence-corrected chi connectivity index (χ2v) is 9.70. The second kappa shape index (κ2) is 9.85. The molecule has 0 bridgehead atoms. The van der Waals surface area contributed by atoms with Crippen molar-refractivity contribution in [1.82, 2.24) is 15.5 Å². The topological polar surface area (TPSA) is 118 Å². The third kappa shape index (κ3) is 5.18. The van der Waals surface area contributed by atoms with Gasteiger partial charge in [0.1, 0.15) is 0 Å². The van der Waals surface area contributed by atoms with E-state index in [1.165, 1.54) is 0 Å². The molecule has 5 rings (SSSR count). The monoisotopic (exact) mass is 491 g/mol. The Morgan fingerprint density at radius 3 is 2.54 bits per heavy atom. The molecule has 1 aliphatic rings. The third-order valence-electron chi connectivity index (χ3n) is 5.77. The Balaban J connectivity index is 1.29. The zero-order valence-electron chi connectivity index (χ0n) is 19.4. The van der Waals surface area contributed by atoms with Gasteiger partial charge in [0.05, 0.1) is 33.3 Å². The van der Waals surface area contributed by atoms with Crippen molar-refractivity contribution in [3.63, 3.8) is 0 Å². The van der Waals surface area contributed by atoms with Crippen LogP contribution in [0.1, 0.15) is 33.8 Å². The van der Waals surface area contributed by atoms with Crippen LogP contribution in [0, 0.1) is 13.8 Å². The summed E-state index contributed by atoms with van der Waals surface area (Å²) < 4.78 is 10.9. The Bertz CT molecular complexity index is 1370. The summed E-state index contributed by atoms with van der Waals surface area (Å²) in [6.45, 7) is 5.03. The summed E-state index contributed by atoms with van der Waals surface area (Å²) in [5.41, 5.74) is 3.22. The van der Waals surface area contributed by atoms with E-state index in [9.17, 15) is 9.59 Å². The van der Waals surface area contributed by atoms with Crippen molar-refractivity contribution in [3.8, 4) is 10.6 Å². The lowest BCUT2D eigenvalue weighted by Gasteiger charge is -2.12. The average molecular weight is 492 g/mol. The minimum Gasteiger partial charge on any atom is -0.376 e. The van der Waals surface area contributed by atoms with Gasteiger partial charge in [-0.05, 0) is 69.2 Å². The lowest BCUT2D eigenvalue weighted by Crippen LogP contribution is -2.35. The van der Waals surface area contributed by atoms with Crippen LogP contribution in [0.25, 0.3) is 21.7 Å². The number of ether oxygens (including phenoxy) is 1. The molecule has 1 saturated heterocycles. The molecule has 1 aromatic carbocycles. The first kappa shape index (κ1) is 23.0. The number of aromatic nitrogens is 2. The molecule has 35 heavy (non-hydrogen) atoms. The van der Waals surface area contributed by atoms with Crippen LogP contribution in [0.2, 0.25) is 0 Å². The lowest BCUT2D eigenvalue weighted by atomic mass is 10.1. The fourth-order valence-corrected chi connectivity index (χ4v) is 4.82. The van der Waals surface area contributed by atoms with Gasteiger partial charge in [-0.3, -0.25) is 4.79 Å². The van der Waals surface area contributed by atoms with Gasteiger partial charge in [0.2, 0.25) is 0 Å². The fourth-order valence-electron chi connectivity index (χ4n) is 3.99. The smallest absolute Gasteiger partial charge is 0.319 e. The minimum atomic E-state index is -0.298. The van der Waals surface area contributed by atoms with Crippen LogP contribution in [0.3, 0.4) is 0 Å². The molecule has 10 heteroatoms. The molecule has 0 spiro atoms. The molecular weight excluding hydrogens is 466 g/mol. The number of benzene rings is 1. The number of hydrogen-bond acceptors (Lipinski definition) is 7. The predicted molar refractivity (Wildman–Crippen MR) is 135 cm³/mol. The first-order chi connectivity index (χ1) is 17.0. The molecule has 0 aliphatic carbocycles. The van der Waals surface area contributed by atoms with E-state index in [1.807, 2.05) is 19.1 Å². The maximum atomic E-state index is 13.2. The first-order valence-electron chi connectivity index (χ1n) is 11.4. The van der Waals surface area contributed by atoms with Crippen LogP contribution >= 0.6 is 11.3 Å². The number of carbonyl (C=O) groups is 2. The maximum Gasteiger partial charge on any atom is 0.319 e. The number of rotatable bonds is 6. The van der Waals surface area contributed by atoms with Gasteiger partial charge in [0, 0.05) is 29.4 Å². The van der Waals surface area contributed by atoms with E-state index >= 15 is 0 Å². The van der Waals surface area contributed by atoms with Gasteiger partial charge in [0.15, 0.2) is 0 Å². The normalized spacial score (nSPS) is 15.3. The molecule has 3 N–H and O–H groups in total. The van der Waals surface area contributed by atoms with Crippen molar-refractivity contribution >= 4 is 45.7 Å². The molecule has 1 unspecified atom stereocenters. The molecule has 180 valence electrons. The molecule has 4 heterocycles. The number of pyridine rings is 1. The van der Waals surface area contributed by atoms with Gasteiger partial charge in [-0.25, -0.2) is 9.78 Å². The Morgan fingerprint density at radius 1 is 1.09 bits per heavy atom. The lowest BCUT2D eigenvalue weighted by molar-refractivity contribution is 0.102. The van der Waals surface area contributed by atoms with E-state index in [4.69, 9.17) is 9.26 Å². The second-order valence-electron chi connectivity index (χ2n) is 8.42. The number of fused-ring (bicyclic) bond motifs is 1. The highest BCUT2D eigenvalue weighted by atomic mass is 32.1. The summed E-state index contributed by atoms with van der Waals surface area (Å²) >= 11 is 1.59. The Morgan fingerprint density at radius 2 is 1.86 bits per heavy atom. The van der Waals surface area contributed by atoms with Gasteiger partial charge >= 0.3 is 6.03 Å². The summed E-state index contributed by atoms with van der Waals surface area (Å²) in [7, 11) is 0. The number of thiophene rings is 1. The Hall–Kier alpha value is -3.76. The van der Waals surface area contributed by atoms with Gasteiger partial charge in [-0.15, -0.1) is 11.3 Å². The number of nitrogens with zero attached hydrogens (tertiary/aromatic N) is 2. The third-order valence-corrected chi connectivity index (χ3v) is 6.79. The van der Waals surface area contributed by atoms with Crippen molar-refractivity contribution < 1.29 is 18.8 Å². The molecule has 3 amide bonds. The highest BCUT2D eigenvalue weighted by Crippen LogP contribution is 2.31. The molecular formula is C25H25N5O4S. The van der Waals surface area contributed by atoms with Crippen LogP contribution in [-0.4, -0.2) is 41.3 Å². The molecule has 1 fully saturated rings. The zero-order valence-corrected chi connectivity index (χ0v) is 20.2. The number of carbonyl (C=O) groups excluding carboxylic acids is 2. The SMILES string of the molecule is Cc1ccc(-c2cc(C(=O)Nc3ccc(NC(=O)NCC4CCCO4)cc3)c3c(C)noc3n2)s1. The zero-order chi connectivity index (χ0) is 24.4. The van der Waals surface area contributed by atoms with Crippen LogP contribution in [0.5, 0.6) is 0 Å². The number of urea groups is 1. The van der Waals surface area contributed by atoms with E-state index in [0.717, 1.165) is 29.2 Å². The number of hydrogen-bond donors (Lipinski definition) is 3. The highest BCUT2D eigenvalue weighted by molar-refractivity contribution is 7.15. The van der Waals surface area contributed by atoms with E-state index in [-0.39, 0.29) is 18.0 Å². The molecule has 0 saturated carbocycles. The molecule has 1 aliphatic heterocycles. The molecule has 9 nitrogen and oxygen atoms in total. The standard InChI is InChI=1S/C25H25N5O4S/c1-14-5-10-21(35-14)20-12-19(22-15(2)30-34-24(22)29-20)23(31)27-16-6-8-17(9-7-16)28-25(32)26-13-18-4-3-11-33-18/h5-10,12,18H,3-4,11,13H2,1-2H3,(H,27,31)(H2,26,28,32). The van der Waals surface area contributed by atoms with Crippen molar-refractivity contribution in [2.75, 3.05) is 23.8 Å². The first-order valence-corrected chi connectivity index (χ1v) is 12.2. The summed E-state index contributed by atoms with van der Waals surface area (Å²) in [4.78, 5) is 32.0. The van der Waals surface area contributed by atoms with Gasteiger partial charge in [0.25, 0.3) is 11.6 Å². The van der Waals surface area contributed by atoms with Crippen LogP contribution in [0.4, 0.5) is 16.2 Å². The fraction of sp³-hybridized carbons (Fsp3) is 0.280. The minimum absolute atomic E-state index is 0.0800. The quantitative estimate of drug-likeness (QED) is 0.344. The van der Waals surface area contributed by atoms with E-state index in [2.05, 4.69) is 26.1 Å². The largest absolute Gasteiger partial charge is 0.376 e. The van der Waals surface area contributed by atoms with E-state index in [1.54, 1.807) is 48.6 Å². The number of aryl methyl sites for hydroxylation is 2. The van der Waals surface area contributed by atoms with Gasteiger partial charge < -0.3 is 25.2 Å². The van der Waals surface area contributed by atoms with Crippen molar-refractivity contribution in [2.45, 2.75) is 32.8 Å². The maximum absolute atomic E-state index is 13.2. The van der Waals surface area contributed by atoms with Crippen molar-refractivity contribution in [2.24, 2.45) is 0 Å². The Kier molecular flexibility index (Phi) is 6.47. The number of anilines is 2. The molecule has 4 aromatic rings. The Labute approximate surface area is 205 Å². The van der Waals surface area contributed by atoms with E-state index < -0.39 is 0 Å². The molecule has 1 atom stereocenters. The summed E-state index contributed by atoms with van der Waals surface area (Å²) in [6, 6.07) is 12.4. The molecule has 3 aromatic heterocycles. The highest BCUT2D eigenvalue weighted by Gasteiger charge is 2.20. The average Bonchev–Trinajstić information content (AvgIpc) is 3.60. The summed E-state index contributed by atoms with van der Waals surface area (Å²) in [5.74, 6) is -0.298. The van der Waals surface area contributed by atoms with Gasteiger partial charge in [-0.2, -0.15) is 0 Å². The van der Waals surface area contributed by atoms with Crippen molar-refractivity contribution in [1.29, 1.82) is 0 Å². The number of nitrogens with one attached hydrogen (secondary N) is 3. The predicted octanol–water partition coefficient (Wildman–Crippen LogP) is 5.12. The van der Waals surface area contributed by atoms with Crippen LogP contribution in [0.15, 0.2) is 47.0 Å².